The summed E-state index contributed by atoms with van der Waals surface area (Å²) in [6.45, 7) is 0.00361. The number of carbonyl (C=O) groups is 2. The van der Waals surface area contributed by atoms with Gasteiger partial charge in [0.25, 0.3) is 5.91 Å². The highest BCUT2D eigenvalue weighted by molar-refractivity contribution is 6.30. The quantitative estimate of drug-likeness (QED) is 0.874. The van der Waals surface area contributed by atoms with Crippen LogP contribution in [-0.2, 0) is 9.53 Å². The van der Waals surface area contributed by atoms with Crippen molar-refractivity contribution in [1.82, 2.24) is 10.6 Å². The Morgan fingerprint density at radius 3 is 2.60 bits per heavy atom. The molecule has 2 aromatic carbocycles. The molecule has 0 saturated carbocycles. The van der Waals surface area contributed by atoms with E-state index < -0.39 is 35.8 Å². The minimum absolute atomic E-state index is 0.00361. The number of benzene rings is 2. The van der Waals surface area contributed by atoms with Gasteiger partial charge in [-0.15, -0.1) is 0 Å². The van der Waals surface area contributed by atoms with Crippen LogP contribution in [0.25, 0.3) is 0 Å². The monoisotopic (exact) mass is 366 g/mol. The van der Waals surface area contributed by atoms with Gasteiger partial charge >= 0.3 is 6.09 Å². The highest BCUT2D eigenvalue weighted by Crippen LogP contribution is 2.27. The molecule has 1 heterocycles. The maximum Gasteiger partial charge on any atom is 0.408 e. The minimum atomic E-state index is -1.07. The highest BCUT2D eigenvalue weighted by atomic mass is 35.5. The van der Waals surface area contributed by atoms with Gasteiger partial charge in [-0.2, -0.15) is 0 Å². The van der Waals surface area contributed by atoms with Crippen molar-refractivity contribution in [2.45, 2.75) is 12.1 Å². The van der Waals surface area contributed by atoms with Gasteiger partial charge in [-0.25, -0.2) is 13.6 Å². The van der Waals surface area contributed by atoms with Crippen LogP contribution in [0.1, 0.15) is 17.2 Å². The first kappa shape index (κ1) is 17.2. The number of carbonyl (C=O) groups excluding carboxylic acids is 2. The molecule has 0 radical (unpaired) electrons. The predicted molar refractivity (Wildman–Crippen MR) is 86.1 cm³/mol. The van der Waals surface area contributed by atoms with Crippen molar-refractivity contribution >= 4 is 23.6 Å². The van der Waals surface area contributed by atoms with E-state index in [1.54, 1.807) is 24.3 Å². The fourth-order valence-corrected chi connectivity index (χ4v) is 2.64. The summed E-state index contributed by atoms with van der Waals surface area (Å²) in [5.74, 6) is -2.72. The molecule has 0 aliphatic carbocycles. The number of nitrogens with one attached hydrogen (secondary N) is 2. The lowest BCUT2D eigenvalue weighted by molar-refractivity contribution is -0.128. The van der Waals surface area contributed by atoms with E-state index in [4.69, 9.17) is 16.3 Å². The second kappa shape index (κ2) is 7.06. The Morgan fingerprint density at radius 2 is 1.96 bits per heavy atom. The number of hydrogen-bond acceptors (Lipinski definition) is 3. The summed E-state index contributed by atoms with van der Waals surface area (Å²) < 4.78 is 32.7. The van der Waals surface area contributed by atoms with Crippen molar-refractivity contribution in [3.05, 3.63) is 70.2 Å². The van der Waals surface area contributed by atoms with E-state index >= 15 is 0 Å². The molecule has 0 bridgehead atoms. The van der Waals surface area contributed by atoms with Crippen LogP contribution in [0.5, 0.6) is 0 Å². The predicted octanol–water partition coefficient (Wildman–Crippen LogP) is 2.93. The molecule has 0 spiro atoms. The van der Waals surface area contributed by atoms with Crippen molar-refractivity contribution < 1.29 is 23.1 Å². The summed E-state index contributed by atoms with van der Waals surface area (Å²) in [5, 5.41) is 5.41. The maximum absolute atomic E-state index is 14.3. The van der Waals surface area contributed by atoms with Gasteiger partial charge in [0.15, 0.2) is 17.7 Å². The van der Waals surface area contributed by atoms with Gasteiger partial charge in [0.05, 0.1) is 12.6 Å². The molecule has 1 aliphatic heterocycles. The van der Waals surface area contributed by atoms with Crippen molar-refractivity contribution in [2.75, 3.05) is 6.54 Å². The molecule has 2 atom stereocenters. The fourth-order valence-electron chi connectivity index (χ4n) is 2.51. The third-order valence-corrected chi connectivity index (χ3v) is 4.01. The van der Waals surface area contributed by atoms with Gasteiger partial charge in [-0.3, -0.25) is 4.79 Å². The Labute approximate surface area is 146 Å². The first-order valence-electron chi connectivity index (χ1n) is 7.40. The Balaban J connectivity index is 1.94. The topological polar surface area (TPSA) is 67.4 Å². The number of hydrogen-bond donors (Lipinski definition) is 2. The Bertz CT molecular complexity index is 814. The van der Waals surface area contributed by atoms with E-state index in [2.05, 4.69) is 10.6 Å². The fraction of sp³-hybridized carbons (Fsp3) is 0.176. The number of rotatable bonds is 4. The molecule has 8 heteroatoms. The Kier molecular flexibility index (Phi) is 4.85. The van der Waals surface area contributed by atoms with Gasteiger partial charge in [-0.05, 0) is 23.8 Å². The summed E-state index contributed by atoms with van der Waals surface area (Å²) in [6, 6.07) is 9.07. The number of halogens is 3. The van der Waals surface area contributed by atoms with Gasteiger partial charge < -0.3 is 15.4 Å². The zero-order chi connectivity index (χ0) is 18.0. The third-order valence-electron chi connectivity index (χ3n) is 3.76. The molecule has 25 heavy (non-hydrogen) atoms. The second-order valence-electron chi connectivity index (χ2n) is 5.41. The van der Waals surface area contributed by atoms with Gasteiger partial charge in [0.2, 0.25) is 0 Å². The van der Waals surface area contributed by atoms with E-state index in [0.29, 0.717) is 10.6 Å². The van der Waals surface area contributed by atoms with Crippen LogP contribution in [0, 0.1) is 11.6 Å². The molecule has 2 N–H and O–H groups in total. The van der Waals surface area contributed by atoms with Gasteiger partial charge in [-0.1, -0.05) is 35.9 Å². The SMILES string of the molecule is O=C1NC[C@@H](C(=O)NC(c2ccc(Cl)cc2)c2cccc(F)c2F)O1. The molecule has 0 aromatic heterocycles. The van der Waals surface area contributed by atoms with Crippen molar-refractivity contribution in [3.63, 3.8) is 0 Å². The molecular formula is C17H13ClF2N2O3. The molecule has 1 aliphatic rings. The minimum Gasteiger partial charge on any atom is -0.434 e. The van der Waals surface area contributed by atoms with Crippen molar-refractivity contribution in [2.24, 2.45) is 0 Å². The van der Waals surface area contributed by atoms with Gasteiger partial charge in [0.1, 0.15) is 0 Å². The summed E-state index contributed by atoms with van der Waals surface area (Å²) in [4.78, 5) is 23.4. The lowest BCUT2D eigenvalue weighted by Gasteiger charge is -2.22. The van der Waals surface area contributed by atoms with Crippen LogP contribution in [0.15, 0.2) is 42.5 Å². The van der Waals surface area contributed by atoms with Crippen LogP contribution < -0.4 is 10.6 Å². The van der Waals surface area contributed by atoms with Crippen LogP contribution in [0.4, 0.5) is 13.6 Å². The van der Waals surface area contributed by atoms with E-state index in [9.17, 15) is 18.4 Å². The highest BCUT2D eigenvalue weighted by Gasteiger charge is 2.32. The lowest BCUT2D eigenvalue weighted by Crippen LogP contribution is -2.39. The Morgan fingerprint density at radius 1 is 1.24 bits per heavy atom. The summed E-state index contributed by atoms with van der Waals surface area (Å²) in [7, 11) is 0. The molecule has 1 unspecified atom stereocenters. The molecule has 1 fully saturated rings. The summed E-state index contributed by atoms with van der Waals surface area (Å²) >= 11 is 5.86. The molecule has 3 rings (SSSR count). The molecule has 5 nitrogen and oxygen atoms in total. The molecule has 2 amide bonds. The average molecular weight is 367 g/mol. The van der Waals surface area contributed by atoms with Crippen molar-refractivity contribution in [1.29, 1.82) is 0 Å². The largest absolute Gasteiger partial charge is 0.434 e. The van der Waals surface area contributed by atoms with E-state index in [-0.39, 0.29) is 12.1 Å². The van der Waals surface area contributed by atoms with E-state index in [1.807, 2.05) is 0 Å². The van der Waals surface area contributed by atoms with Crippen LogP contribution in [-0.4, -0.2) is 24.6 Å². The first-order chi connectivity index (χ1) is 12.0. The van der Waals surface area contributed by atoms with Crippen LogP contribution in [0.2, 0.25) is 5.02 Å². The van der Waals surface area contributed by atoms with Crippen LogP contribution >= 0.6 is 11.6 Å². The number of amides is 2. The maximum atomic E-state index is 14.3. The number of cyclic esters (lactones) is 1. The summed E-state index contributed by atoms with van der Waals surface area (Å²) in [5.41, 5.74) is 0.451. The Hall–Kier alpha value is -2.67. The molecule has 1 saturated heterocycles. The van der Waals surface area contributed by atoms with Crippen molar-refractivity contribution in [3.8, 4) is 0 Å². The third kappa shape index (κ3) is 3.71. The number of ether oxygens (including phenoxy) is 1. The lowest BCUT2D eigenvalue weighted by atomic mass is 9.97. The molecule has 2 aromatic rings. The normalized spacial score (nSPS) is 17.6. The second-order valence-corrected chi connectivity index (χ2v) is 5.85. The van der Waals surface area contributed by atoms with Crippen LogP contribution in [0.3, 0.4) is 0 Å². The molecule has 130 valence electrons. The van der Waals surface area contributed by atoms with E-state index in [1.165, 1.54) is 12.1 Å². The number of alkyl carbamates (subject to hydrolysis) is 1. The summed E-state index contributed by atoms with van der Waals surface area (Å²) in [6.07, 6.45) is -1.75. The smallest absolute Gasteiger partial charge is 0.408 e. The standard InChI is InChI=1S/C17H13ClF2N2O3/c18-10-6-4-9(5-7-10)15(11-2-1-3-12(19)14(11)20)22-16(23)13-8-21-17(24)25-13/h1-7,13,15H,8H2,(H,21,24)(H,22,23)/t13-,15?/m0/s1. The van der Waals surface area contributed by atoms with E-state index in [0.717, 1.165) is 6.07 Å². The average Bonchev–Trinajstić information content (AvgIpc) is 3.03. The van der Waals surface area contributed by atoms with Gasteiger partial charge in [0, 0.05) is 10.6 Å². The first-order valence-corrected chi connectivity index (χ1v) is 7.77. The zero-order valence-corrected chi connectivity index (χ0v) is 13.5. The molecular weight excluding hydrogens is 354 g/mol. The zero-order valence-electron chi connectivity index (χ0n) is 12.8.